The summed E-state index contributed by atoms with van der Waals surface area (Å²) in [6.07, 6.45) is 3.40. The fraction of sp³-hybridized carbons (Fsp3) is 0.233. The molecule has 210 valence electrons. The van der Waals surface area contributed by atoms with Gasteiger partial charge in [0.25, 0.3) is 5.91 Å². The topological polar surface area (TPSA) is 128 Å². The van der Waals surface area contributed by atoms with Gasteiger partial charge in [0.2, 0.25) is 5.78 Å². The molecule has 1 fully saturated rings. The fourth-order valence-corrected chi connectivity index (χ4v) is 4.61. The van der Waals surface area contributed by atoms with Crippen LogP contribution in [0.2, 0.25) is 0 Å². The van der Waals surface area contributed by atoms with Crippen molar-refractivity contribution < 1.29 is 24.0 Å². The van der Waals surface area contributed by atoms with Gasteiger partial charge in [0.05, 0.1) is 31.6 Å². The summed E-state index contributed by atoms with van der Waals surface area (Å²) in [7, 11) is 1.23. The van der Waals surface area contributed by atoms with Crippen molar-refractivity contribution in [2.24, 2.45) is 0 Å². The number of carbonyl (C=O) groups is 3. The van der Waals surface area contributed by atoms with Crippen LogP contribution < -0.4 is 15.7 Å². The van der Waals surface area contributed by atoms with E-state index in [-0.39, 0.29) is 17.8 Å². The molecule has 0 radical (unpaired) electrons. The zero-order chi connectivity index (χ0) is 28.6. The Balaban J connectivity index is 1.36. The van der Waals surface area contributed by atoms with Crippen LogP contribution in [0.25, 0.3) is 17.1 Å². The SMILES string of the molecule is CONC(=O)C(=O)C(Cc1ccccc1)NC(=O)c1cccnc1-n1ccc(-c2ccc(N3CCOCC3)cc2)n1. The molecule has 41 heavy (non-hydrogen) atoms. The number of anilines is 1. The molecule has 1 unspecified atom stereocenters. The average molecular weight is 555 g/mol. The number of ketones is 1. The van der Waals surface area contributed by atoms with Crippen molar-refractivity contribution in [2.75, 3.05) is 38.3 Å². The van der Waals surface area contributed by atoms with Crippen molar-refractivity contribution in [2.45, 2.75) is 12.5 Å². The number of pyridine rings is 1. The van der Waals surface area contributed by atoms with Gasteiger partial charge in [-0.2, -0.15) is 5.10 Å². The lowest BCUT2D eigenvalue weighted by Crippen LogP contribution is -2.48. The first-order valence-electron chi connectivity index (χ1n) is 13.2. The van der Waals surface area contributed by atoms with Crippen LogP contribution in [0.5, 0.6) is 0 Å². The monoisotopic (exact) mass is 554 g/mol. The van der Waals surface area contributed by atoms with Gasteiger partial charge in [0.15, 0.2) is 5.82 Å². The molecule has 1 saturated heterocycles. The van der Waals surface area contributed by atoms with E-state index in [4.69, 9.17) is 4.74 Å². The van der Waals surface area contributed by atoms with Crippen LogP contribution in [-0.4, -0.2) is 71.8 Å². The van der Waals surface area contributed by atoms with Gasteiger partial charge in [0.1, 0.15) is 6.04 Å². The van der Waals surface area contributed by atoms with Gasteiger partial charge in [0, 0.05) is 43.2 Å². The minimum Gasteiger partial charge on any atom is -0.378 e. The maximum absolute atomic E-state index is 13.5. The first kappa shape index (κ1) is 27.7. The lowest BCUT2D eigenvalue weighted by molar-refractivity contribution is -0.145. The highest BCUT2D eigenvalue weighted by atomic mass is 16.6. The number of rotatable bonds is 10. The van der Waals surface area contributed by atoms with Crippen LogP contribution >= 0.6 is 0 Å². The summed E-state index contributed by atoms with van der Waals surface area (Å²) in [5.74, 6) is -2.08. The highest BCUT2D eigenvalue weighted by Crippen LogP contribution is 2.24. The van der Waals surface area contributed by atoms with Crippen LogP contribution in [0.4, 0.5) is 5.69 Å². The smallest absolute Gasteiger partial charge is 0.313 e. The van der Waals surface area contributed by atoms with Crippen LogP contribution in [0, 0.1) is 0 Å². The maximum Gasteiger partial charge on any atom is 0.313 e. The molecular weight excluding hydrogens is 524 g/mol. The van der Waals surface area contributed by atoms with Gasteiger partial charge >= 0.3 is 5.91 Å². The lowest BCUT2D eigenvalue weighted by atomic mass is 10.0. The van der Waals surface area contributed by atoms with Gasteiger partial charge in [-0.25, -0.2) is 15.1 Å². The Morgan fingerprint density at radius 2 is 1.73 bits per heavy atom. The predicted molar refractivity (Wildman–Crippen MR) is 151 cm³/mol. The number of hydrogen-bond acceptors (Lipinski definition) is 8. The molecule has 11 nitrogen and oxygen atoms in total. The number of nitrogens with zero attached hydrogens (tertiary/aromatic N) is 4. The van der Waals surface area contributed by atoms with E-state index in [1.54, 1.807) is 24.5 Å². The molecule has 4 aromatic rings. The number of amides is 2. The quantitative estimate of drug-likeness (QED) is 0.226. The average Bonchev–Trinajstić information content (AvgIpc) is 3.52. The van der Waals surface area contributed by atoms with Gasteiger partial charge in [-0.05, 0) is 35.9 Å². The number of Topliss-reactive ketones (excluding diaryl/α,β-unsaturated/α-hetero) is 1. The standard InChI is InChI=1S/C30H30N6O5/c1-40-34-30(39)27(37)26(20-21-6-3-2-4-7-21)32-29(38)24-8-5-14-31-28(24)36-15-13-25(33-36)22-9-11-23(12-10-22)35-16-18-41-19-17-35/h2-15,26H,16-20H2,1H3,(H,32,38)(H,34,39). The fourth-order valence-electron chi connectivity index (χ4n) is 4.61. The molecule has 0 aliphatic carbocycles. The normalized spacial score (nSPS) is 13.8. The number of ether oxygens (including phenoxy) is 1. The highest BCUT2D eigenvalue weighted by molar-refractivity contribution is 6.38. The number of benzene rings is 2. The summed E-state index contributed by atoms with van der Waals surface area (Å²) in [6, 6.07) is 21.2. The van der Waals surface area contributed by atoms with Crippen molar-refractivity contribution in [3.05, 3.63) is 96.3 Å². The van der Waals surface area contributed by atoms with Gasteiger partial charge in [-0.3, -0.25) is 19.2 Å². The third-order valence-electron chi connectivity index (χ3n) is 6.70. The van der Waals surface area contributed by atoms with Crippen molar-refractivity contribution in [3.8, 4) is 17.1 Å². The Morgan fingerprint density at radius 3 is 2.46 bits per heavy atom. The Bertz CT molecular complexity index is 1500. The predicted octanol–water partition coefficient (Wildman–Crippen LogP) is 2.36. The lowest BCUT2D eigenvalue weighted by Gasteiger charge is -2.28. The zero-order valence-electron chi connectivity index (χ0n) is 22.5. The molecular formula is C30H30N6O5. The van der Waals surface area contributed by atoms with E-state index in [2.05, 4.69) is 37.3 Å². The zero-order valence-corrected chi connectivity index (χ0v) is 22.5. The largest absolute Gasteiger partial charge is 0.378 e. The Labute approximate surface area is 237 Å². The number of aromatic nitrogens is 3. The summed E-state index contributed by atoms with van der Waals surface area (Å²) >= 11 is 0. The minimum atomic E-state index is -1.13. The van der Waals surface area contributed by atoms with E-state index in [0.717, 1.165) is 29.9 Å². The molecule has 0 bridgehead atoms. The van der Waals surface area contributed by atoms with E-state index in [9.17, 15) is 14.4 Å². The first-order valence-corrected chi connectivity index (χ1v) is 13.2. The molecule has 2 N–H and O–H groups in total. The number of carbonyl (C=O) groups excluding carboxylic acids is 3. The molecule has 1 atom stereocenters. The molecule has 2 aromatic heterocycles. The van der Waals surface area contributed by atoms with Gasteiger partial charge in [-0.15, -0.1) is 0 Å². The first-order chi connectivity index (χ1) is 20.0. The second-order valence-corrected chi connectivity index (χ2v) is 9.38. The van der Waals surface area contributed by atoms with E-state index < -0.39 is 23.6 Å². The van der Waals surface area contributed by atoms with Crippen molar-refractivity contribution in [1.29, 1.82) is 0 Å². The number of hydroxylamine groups is 1. The molecule has 2 amide bonds. The van der Waals surface area contributed by atoms with Crippen LogP contribution in [-0.2, 0) is 25.6 Å². The van der Waals surface area contributed by atoms with Crippen LogP contribution in [0.1, 0.15) is 15.9 Å². The van der Waals surface area contributed by atoms with Crippen molar-refractivity contribution >= 4 is 23.3 Å². The molecule has 1 aliphatic heterocycles. The van der Waals surface area contributed by atoms with E-state index in [0.29, 0.717) is 18.9 Å². The molecule has 0 spiro atoms. The van der Waals surface area contributed by atoms with Crippen LogP contribution in [0.15, 0.2) is 85.2 Å². The molecule has 5 rings (SSSR count). The Kier molecular flexibility index (Phi) is 8.77. The van der Waals surface area contributed by atoms with E-state index in [1.165, 1.54) is 11.8 Å². The number of nitrogens with one attached hydrogen (secondary N) is 2. The van der Waals surface area contributed by atoms with Crippen molar-refractivity contribution in [1.82, 2.24) is 25.6 Å². The summed E-state index contributed by atoms with van der Waals surface area (Å²) < 4.78 is 6.96. The Hall–Kier alpha value is -4.87. The Morgan fingerprint density at radius 1 is 0.976 bits per heavy atom. The third kappa shape index (κ3) is 6.65. The van der Waals surface area contributed by atoms with E-state index in [1.807, 2.05) is 54.0 Å². The third-order valence-corrected chi connectivity index (χ3v) is 6.70. The second-order valence-electron chi connectivity index (χ2n) is 9.38. The van der Waals surface area contributed by atoms with Crippen LogP contribution in [0.3, 0.4) is 0 Å². The molecule has 0 saturated carbocycles. The minimum absolute atomic E-state index is 0.116. The molecule has 11 heteroatoms. The molecule has 1 aliphatic rings. The summed E-state index contributed by atoms with van der Waals surface area (Å²) in [4.78, 5) is 49.9. The molecule has 2 aromatic carbocycles. The molecule has 3 heterocycles. The number of hydrogen-bond donors (Lipinski definition) is 2. The van der Waals surface area contributed by atoms with E-state index >= 15 is 0 Å². The summed E-state index contributed by atoms with van der Waals surface area (Å²) in [6.45, 7) is 3.14. The van der Waals surface area contributed by atoms with Gasteiger partial charge < -0.3 is 15.0 Å². The number of morpholine rings is 1. The van der Waals surface area contributed by atoms with Crippen molar-refractivity contribution in [3.63, 3.8) is 0 Å². The maximum atomic E-state index is 13.5. The summed E-state index contributed by atoms with van der Waals surface area (Å²) in [5, 5.41) is 7.37. The second kappa shape index (κ2) is 13.0. The highest BCUT2D eigenvalue weighted by Gasteiger charge is 2.29. The summed E-state index contributed by atoms with van der Waals surface area (Å²) in [5.41, 5.74) is 5.75. The van der Waals surface area contributed by atoms with Gasteiger partial charge in [-0.1, -0.05) is 42.5 Å².